The van der Waals surface area contributed by atoms with Crippen LogP contribution in [0.1, 0.15) is 52.5 Å². The fraction of sp³-hybridized carbons (Fsp3) is 0.265. The molecule has 0 aliphatic heterocycles. The average molecular weight is 661 g/mol. The molecule has 5 aromatic rings. The van der Waals surface area contributed by atoms with E-state index < -0.39 is 29.5 Å². The van der Waals surface area contributed by atoms with Gasteiger partial charge < -0.3 is 25.2 Å². The molecule has 3 N–H and O–H groups in total. The molecule has 0 saturated heterocycles. The van der Waals surface area contributed by atoms with Crippen LogP contribution in [-0.4, -0.2) is 50.6 Å². The zero-order chi connectivity index (χ0) is 34.0. The molecule has 248 valence electrons. The molecule has 0 radical (unpaired) electrons. The van der Waals surface area contributed by atoms with Crippen LogP contribution in [0.3, 0.4) is 0 Å². The van der Waals surface area contributed by atoms with Gasteiger partial charge in [-0.15, -0.1) is 0 Å². The molecule has 1 aliphatic carbocycles. The van der Waals surface area contributed by atoms with E-state index in [4.69, 9.17) is 14.5 Å². The number of amides is 1. The molecule has 0 spiro atoms. The molecular formula is C34H31F3N6O5. The molecule has 1 saturated carbocycles. The van der Waals surface area contributed by atoms with Crippen molar-refractivity contribution < 1.29 is 37.3 Å². The van der Waals surface area contributed by atoms with Crippen LogP contribution in [0.25, 0.3) is 16.8 Å². The smallest absolute Gasteiger partial charge is 0.416 e. The number of carbonyl (C=O) groups excluding carboxylic acids is 1. The van der Waals surface area contributed by atoms with Gasteiger partial charge in [-0.2, -0.15) is 13.2 Å². The maximum atomic E-state index is 13.1. The number of aliphatic carboxylic acids is 1. The molecule has 1 aliphatic rings. The fourth-order valence-electron chi connectivity index (χ4n) is 5.94. The summed E-state index contributed by atoms with van der Waals surface area (Å²) in [6, 6.07) is 13.6. The van der Waals surface area contributed by atoms with Gasteiger partial charge in [0.05, 0.1) is 25.7 Å². The van der Waals surface area contributed by atoms with E-state index in [-0.39, 0.29) is 17.3 Å². The zero-order valence-electron chi connectivity index (χ0n) is 25.9. The Morgan fingerprint density at radius 3 is 2.48 bits per heavy atom. The fourth-order valence-corrected chi connectivity index (χ4v) is 5.94. The van der Waals surface area contributed by atoms with Crippen LogP contribution in [0.4, 0.5) is 24.8 Å². The molecule has 48 heavy (non-hydrogen) atoms. The number of aromatic nitrogens is 4. The number of nitrogens with one attached hydrogen (secondary N) is 2. The Bertz CT molecular complexity index is 1980. The number of alkyl halides is 3. The summed E-state index contributed by atoms with van der Waals surface area (Å²) >= 11 is 0. The van der Waals surface area contributed by atoms with Crippen LogP contribution in [0.15, 0.2) is 73.2 Å². The number of hydrogen-bond acceptors (Lipinski definition) is 8. The number of benzene rings is 2. The van der Waals surface area contributed by atoms with Crippen LogP contribution in [0.5, 0.6) is 11.5 Å². The highest BCUT2D eigenvalue weighted by molar-refractivity contribution is 6.04. The van der Waals surface area contributed by atoms with E-state index in [1.165, 1.54) is 0 Å². The second-order valence-corrected chi connectivity index (χ2v) is 11.3. The van der Waals surface area contributed by atoms with Crippen LogP contribution in [-0.2, 0) is 17.5 Å². The Morgan fingerprint density at radius 1 is 1.00 bits per heavy atom. The van der Waals surface area contributed by atoms with Crippen molar-refractivity contribution in [3.8, 4) is 22.8 Å². The SMILES string of the molecule is COc1ccc(CNc2nccn3c([C@H]4CC[C@@H](C(=O)O)C4)nc(-c4ccc(C(=O)Nc5cc(C(F)(F)F)ccn5)cc4)c23)c(OC)c1. The van der Waals surface area contributed by atoms with E-state index in [1.54, 1.807) is 56.9 Å². The molecule has 0 bridgehead atoms. The summed E-state index contributed by atoms with van der Waals surface area (Å²) in [5.41, 5.74) is 2.00. The summed E-state index contributed by atoms with van der Waals surface area (Å²) in [4.78, 5) is 38.1. The summed E-state index contributed by atoms with van der Waals surface area (Å²) in [6.07, 6.45) is 1.49. The van der Waals surface area contributed by atoms with Crippen LogP contribution < -0.4 is 20.1 Å². The molecule has 2 atom stereocenters. The molecule has 1 fully saturated rings. The molecular weight excluding hydrogens is 629 g/mol. The average Bonchev–Trinajstić information content (AvgIpc) is 3.73. The second-order valence-electron chi connectivity index (χ2n) is 11.3. The molecule has 0 unspecified atom stereocenters. The lowest BCUT2D eigenvalue weighted by Crippen LogP contribution is -2.14. The molecule has 2 aromatic carbocycles. The van der Waals surface area contributed by atoms with Gasteiger partial charge >= 0.3 is 12.1 Å². The second kappa shape index (κ2) is 13.2. The minimum absolute atomic E-state index is 0.103. The number of nitrogens with zero attached hydrogens (tertiary/aromatic N) is 4. The largest absolute Gasteiger partial charge is 0.497 e. The van der Waals surface area contributed by atoms with Gasteiger partial charge in [0.25, 0.3) is 5.91 Å². The van der Waals surface area contributed by atoms with Gasteiger partial charge in [0.15, 0.2) is 5.82 Å². The predicted molar refractivity (Wildman–Crippen MR) is 170 cm³/mol. The monoisotopic (exact) mass is 660 g/mol. The Kier molecular flexibility index (Phi) is 8.89. The first-order valence-electron chi connectivity index (χ1n) is 15.0. The van der Waals surface area contributed by atoms with Gasteiger partial charge in [0, 0.05) is 53.8 Å². The number of methoxy groups -OCH3 is 2. The number of imidazole rings is 1. The molecule has 14 heteroatoms. The predicted octanol–water partition coefficient (Wildman–Crippen LogP) is 6.66. The van der Waals surface area contributed by atoms with Crippen molar-refractivity contribution in [3.05, 3.63) is 95.7 Å². The van der Waals surface area contributed by atoms with Crippen LogP contribution in [0, 0.1) is 5.92 Å². The van der Waals surface area contributed by atoms with E-state index >= 15 is 0 Å². The minimum Gasteiger partial charge on any atom is -0.497 e. The lowest BCUT2D eigenvalue weighted by Gasteiger charge is -2.13. The third kappa shape index (κ3) is 6.59. The first-order valence-corrected chi connectivity index (χ1v) is 15.0. The zero-order valence-corrected chi connectivity index (χ0v) is 25.9. The summed E-state index contributed by atoms with van der Waals surface area (Å²) in [5, 5.41) is 15.4. The first kappa shape index (κ1) is 32.3. The minimum atomic E-state index is -4.58. The van der Waals surface area contributed by atoms with Crippen molar-refractivity contribution in [1.82, 2.24) is 19.4 Å². The van der Waals surface area contributed by atoms with E-state index in [0.29, 0.717) is 65.7 Å². The number of carboxylic acid groups (broad SMARTS) is 1. The van der Waals surface area contributed by atoms with Gasteiger partial charge in [-0.25, -0.2) is 15.0 Å². The van der Waals surface area contributed by atoms with Gasteiger partial charge in [-0.3, -0.25) is 14.0 Å². The van der Waals surface area contributed by atoms with Crippen molar-refractivity contribution in [2.75, 3.05) is 24.9 Å². The number of ether oxygens (including phenoxy) is 2. The third-order valence-electron chi connectivity index (χ3n) is 8.42. The summed E-state index contributed by atoms with van der Waals surface area (Å²) in [7, 11) is 3.15. The summed E-state index contributed by atoms with van der Waals surface area (Å²) in [5.74, 6) is 0.252. The topological polar surface area (TPSA) is 140 Å². The highest BCUT2D eigenvalue weighted by Crippen LogP contribution is 2.41. The number of hydrogen-bond donors (Lipinski definition) is 3. The van der Waals surface area contributed by atoms with Gasteiger partial charge in [0.1, 0.15) is 34.4 Å². The molecule has 1 amide bonds. The normalized spacial score (nSPS) is 16.1. The maximum Gasteiger partial charge on any atom is 0.416 e. The van der Waals surface area contributed by atoms with Crippen LogP contribution >= 0.6 is 0 Å². The van der Waals surface area contributed by atoms with E-state index in [0.717, 1.165) is 23.9 Å². The highest BCUT2D eigenvalue weighted by atomic mass is 19.4. The number of rotatable bonds is 10. The molecule has 11 nitrogen and oxygen atoms in total. The number of anilines is 2. The quantitative estimate of drug-likeness (QED) is 0.150. The van der Waals surface area contributed by atoms with E-state index in [1.807, 2.05) is 16.5 Å². The maximum absolute atomic E-state index is 13.1. The van der Waals surface area contributed by atoms with Crippen molar-refractivity contribution in [3.63, 3.8) is 0 Å². The Morgan fingerprint density at radius 2 is 1.79 bits per heavy atom. The number of pyridine rings is 1. The first-order chi connectivity index (χ1) is 23.0. The van der Waals surface area contributed by atoms with Crippen LogP contribution in [0.2, 0.25) is 0 Å². The summed E-state index contributed by atoms with van der Waals surface area (Å²) < 4.78 is 52.2. The lowest BCUT2D eigenvalue weighted by atomic mass is 10.0. The number of carbonyl (C=O) groups is 2. The Hall–Kier alpha value is -5.66. The van der Waals surface area contributed by atoms with Crippen molar-refractivity contribution in [2.24, 2.45) is 5.92 Å². The molecule has 3 heterocycles. The van der Waals surface area contributed by atoms with E-state index in [9.17, 15) is 27.9 Å². The van der Waals surface area contributed by atoms with Gasteiger partial charge in [0.2, 0.25) is 0 Å². The summed E-state index contributed by atoms with van der Waals surface area (Å²) in [6.45, 7) is 0.354. The highest BCUT2D eigenvalue weighted by Gasteiger charge is 2.34. The van der Waals surface area contributed by atoms with Gasteiger partial charge in [-0.1, -0.05) is 12.1 Å². The van der Waals surface area contributed by atoms with Crippen molar-refractivity contribution in [2.45, 2.75) is 37.9 Å². The Balaban J connectivity index is 1.33. The third-order valence-corrected chi connectivity index (χ3v) is 8.42. The number of halogens is 3. The van der Waals surface area contributed by atoms with Crippen molar-refractivity contribution >= 4 is 29.0 Å². The van der Waals surface area contributed by atoms with E-state index in [2.05, 4.69) is 20.6 Å². The molecule has 6 rings (SSSR count). The van der Waals surface area contributed by atoms with Gasteiger partial charge in [-0.05, 0) is 55.7 Å². The molecule has 3 aromatic heterocycles. The van der Waals surface area contributed by atoms with Crippen molar-refractivity contribution in [1.29, 1.82) is 0 Å². The standard InChI is InChI=1S/C34H31F3N6O5/c1-47-25-10-9-23(26(17-25)48-2)18-40-30-29-28(42-31(43(29)14-13-39-30)21-7-8-22(15-21)33(45)46)19-3-5-20(6-4-19)32(44)41-27-16-24(11-12-38-27)34(35,36)37/h3-6,9-14,16-17,21-22H,7-8,15,18H2,1-2H3,(H,39,40)(H,45,46)(H,38,41,44)/t21-,22+/m0/s1. The Labute approximate surface area is 272 Å². The lowest BCUT2D eigenvalue weighted by molar-refractivity contribution is -0.141. The number of carboxylic acids is 1. The number of fused-ring (bicyclic) bond motifs is 1.